The quantitative estimate of drug-likeness (QED) is 0.233. The standard InChI is InChI=1S/C24H24ClN3O3S2/c1-16-9-11-17(12-10-16)14-20-23(31)28(24(32)33-20)13-4-2-3-8-21(29)26-27-22(30)18-6-5-7-19(25)15-18/h5-7,9-12,14-15H,2-4,8,13H2,1H3,(H,26,29)(H,27,30). The molecule has 1 saturated heterocycles. The summed E-state index contributed by atoms with van der Waals surface area (Å²) in [5.41, 5.74) is 7.27. The first kappa shape index (κ1) is 25.0. The molecule has 0 unspecified atom stereocenters. The van der Waals surface area contributed by atoms with Gasteiger partial charge in [-0.1, -0.05) is 77.9 Å². The topological polar surface area (TPSA) is 78.5 Å². The predicted octanol–water partition coefficient (Wildman–Crippen LogP) is 4.87. The molecule has 172 valence electrons. The summed E-state index contributed by atoms with van der Waals surface area (Å²) in [7, 11) is 0. The van der Waals surface area contributed by atoms with Gasteiger partial charge in [0.1, 0.15) is 4.32 Å². The number of nitrogens with one attached hydrogen (secondary N) is 2. The first-order valence-corrected chi connectivity index (χ1v) is 12.1. The van der Waals surface area contributed by atoms with Gasteiger partial charge in [0.25, 0.3) is 11.8 Å². The Hall–Kier alpha value is -2.68. The van der Waals surface area contributed by atoms with Crippen LogP contribution < -0.4 is 10.9 Å². The van der Waals surface area contributed by atoms with E-state index < -0.39 is 5.91 Å². The number of hydrazine groups is 1. The summed E-state index contributed by atoms with van der Waals surface area (Å²) in [5, 5.41) is 0.445. The Morgan fingerprint density at radius 3 is 2.58 bits per heavy atom. The van der Waals surface area contributed by atoms with Crippen LogP contribution in [0.25, 0.3) is 6.08 Å². The molecule has 1 aliphatic heterocycles. The number of thiocarbonyl (C=S) groups is 1. The van der Waals surface area contributed by atoms with E-state index in [0.29, 0.717) is 32.8 Å². The highest BCUT2D eigenvalue weighted by Crippen LogP contribution is 2.32. The molecule has 1 heterocycles. The molecule has 33 heavy (non-hydrogen) atoms. The molecule has 3 amide bonds. The number of benzene rings is 2. The molecule has 1 aliphatic rings. The van der Waals surface area contributed by atoms with E-state index in [1.807, 2.05) is 37.3 Å². The summed E-state index contributed by atoms with van der Waals surface area (Å²) in [4.78, 5) is 38.9. The smallest absolute Gasteiger partial charge is 0.269 e. The number of hydrogen-bond donors (Lipinski definition) is 2. The molecule has 0 aliphatic carbocycles. The fourth-order valence-electron chi connectivity index (χ4n) is 3.13. The van der Waals surface area contributed by atoms with Crippen LogP contribution in [-0.2, 0) is 9.59 Å². The average Bonchev–Trinajstić information content (AvgIpc) is 3.06. The maximum absolute atomic E-state index is 12.7. The van der Waals surface area contributed by atoms with Gasteiger partial charge in [0.05, 0.1) is 4.91 Å². The van der Waals surface area contributed by atoms with Gasteiger partial charge in [0.2, 0.25) is 5.91 Å². The van der Waals surface area contributed by atoms with Crippen molar-refractivity contribution in [1.29, 1.82) is 0 Å². The van der Waals surface area contributed by atoms with Crippen LogP contribution in [0.1, 0.15) is 47.2 Å². The molecular weight excluding hydrogens is 478 g/mol. The minimum Gasteiger partial charge on any atom is -0.293 e. The summed E-state index contributed by atoms with van der Waals surface area (Å²) < 4.78 is 0.555. The number of unbranched alkanes of at least 4 members (excludes halogenated alkanes) is 2. The third-order valence-electron chi connectivity index (χ3n) is 4.94. The van der Waals surface area contributed by atoms with Crippen LogP contribution in [0.2, 0.25) is 5.02 Å². The van der Waals surface area contributed by atoms with E-state index in [4.69, 9.17) is 23.8 Å². The molecule has 2 N–H and O–H groups in total. The SMILES string of the molecule is Cc1ccc(C=C2SC(=S)N(CCCCCC(=O)NNC(=O)c3cccc(Cl)c3)C2=O)cc1. The highest BCUT2D eigenvalue weighted by Gasteiger charge is 2.31. The van der Waals surface area contributed by atoms with E-state index >= 15 is 0 Å². The molecule has 3 rings (SSSR count). The number of thioether (sulfide) groups is 1. The van der Waals surface area contributed by atoms with Crippen LogP contribution in [0.3, 0.4) is 0 Å². The number of rotatable bonds is 8. The number of aryl methyl sites for hydroxylation is 1. The van der Waals surface area contributed by atoms with E-state index in [2.05, 4.69) is 10.9 Å². The molecule has 1 fully saturated rings. The first-order valence-electron chi connectivity index (χ1n) is 10.5. The normalized spacial score (nSPS) is 14.6. The molecule has 6 nitrogen and oxygen atoms in total. The van der Waals surface area contributed by atoms with Gasteiger partial charge < -0.3 is 0 Å². The lowest BCUT2D eigenvalue weighted by Gasteiger charge is -2.14. The second-order valence-corrected chi connectivity index (χ2v) is 9.68. The summed E-state index contributed by atoms with van der Waals surface area (Å²) in [5.74, 6) is -0.789. The molecule has 9 heteroatoms. The second-order valence-electron chi connectivity index (χ2n) is 7.57. The van der Waals surface area contributed by atoms with E-state index in [1.54, 1.807) is 23.1 Å². The van der Waals surface area contributed by atoms with Crippen LogP contribution in [0.15, 0.2) is 53.4 Å². The van der Waals surface area contributed by atoms with Gasteiger partial charge in [-0.3, -0.25) is 30.1 Å². The van der Waals surface area contributed by atoms with Crippen molar-refractivity contribution in [3.63, 3.8) is 0 Å². The van der Waals surface area contributed by atoms with Crippen LogP contribution in [0, 0.1) is 6.92 Å². The fraction of sp³-hybridized carbons (Fsp3) is 0.250. The Balaban J connectivity index is 1.36. The number of amides is 3. The molecule has 0 bridgehead atoms. The average molecular weight is 502 g/mol. The fourth-order valence-corrected chi connectivity index (χ4v) is 4.63. The molecule has 2 aromatic carbocycles. The van der Waals surface area contributed by atoms with Crippen LogP contribution in [0.4, 0.5) is 0 Å². The van der Waals surface area contributed by atoms with Crippen molar-refractivity contribution in [1.82, 2.24) is 15.8 Å². The minimum atomic E-state index is -0.432. The van der Waals surface area contributed by atoms with E-state index in [-0.39, 0.29) is 18.2 Å². The Morgan fingerprint density at radius 1 is 1.09 bits per heavy atom. The summed E-state index contributed by atoms with van der Waals surface area (Å²) in [6, 6.07) is 14.4. The van der Waals surface area contributed by atoms with E-state index in [1.165, 1.54) is 17.8 Å². The lowest BCUT2D eigenvalue weighted by atomic mass is 10.1. The summed E-state index contributed by atoms with van der Waals surface area (Å²) in [6.45, 7) is 2.53. The van der Waals surface area contributed by atoms with Gasteiger partial charge in [-0.05, 0) is 49.6 Å². The van der Waals surface area contributed by atoms with Crippen molar-refractivity contribution in [3.8, 4) is 0 Å². The van der Waals surface area contributed by atoms with Gasteiger partial charge in [0.15, 0.2) is 0 Å². The molecule has 0 saturated carbocycles. The van der Waals surface area contributed by atoms with Crippen LogP contribution in [-0.4, -0.2) is 33.5 Å². The van der Waals surface area contributed by atoms with Crippen molar-refractivity contribution in [3.05, 3.63) is 75.1 Å². The molecular formula is C24H24ClN3O3S2. The Labute approximate surface area is 207 Å². The van der Waals surface area contributed by atoms with E-state index in [9.17, 15) is 14.4 Å². The van der Waals surface area contributed by atoms with Gasteiger partial charge in [-0.25, -0.2) is 0 Å². The lowest BCUT2D eigenvalue weighted by Crippen LogP contribution is -2.41. The number of carbonyl (C=O) groups is 3. The van der Waals surface area contributed by atoms with Gasteiger partial charge in [0, 0.05) is 23.6 Å². The first-order chi connectivity index (χ1) is 15.8. The monoisotopic (exact) mass is 501 g/mol. The highest BCUT2D eigenvalue weighted by molar-refractivity contribution is 8.26. The number of hydrogen-bond acceptors (Lipinski definition) is 5. The zero-order valence-corrected chi connectivity index (χ0v) is 20.5. The molecule has 0 atom stereocenters. The third-order valence-corrected chi connectivity index (χ3v) is 6.55. The van der Waals surface area contributed by atoms with Gasteiger partial charge >= 0.3 is 0 Å². The van der Waals surface area contributed by atoms with Crippen molar-refractivity contribution >= 4 is 63.7 Å². The number of carbonyl (C=O) groups excluding carboxylic acids is 3. The van der Waals surface area contributed by atoms with Crippen molar-refractivity contribution in [2.75, 3.05) is 6.54 Å². The summed E-state index contributed by atoms with van der Waals surface area (Å²) in [6.07, 6.45) is 4.24. The lowest BCUT2D eigenvalue weighted by molar-refractivity contribution is -0.123. The second kappa shape index (κ2) is 12.0. The maximum atomic E-state index is 12.7. The number of halogens is 1. The zero-order chi connectivity index (χ0) is 23.8. The Kier molecular flexibility index (Phi) is 9.05. The highest BCUT2D eigenvalue weighted by atomic mass is 35.5. The summed E-state index contributed by atoms with van der Waals surface area (Å²) >= 11 is 12.5. The van der Waals surface area contributed by atoms with Gasteiger partial charge in [-0.15, -0.1) is 0 Å². The molecule has 0 radical (unpaired) electrons. The molecule has 0 aromatic heterocycles. The maximum Gasteiger partial charge on any atom is 0.269 e. The van der Waals surface area contributed by atoms with E-state index in [0.717, 1.165) is 24.0 Å². The Morgan fingerprint density at radius 2 is 1.85 bits per heavy atom. The Bertz CT molecular complexity index is 1090. The largest absolute Gasteiger partial charge is 0.293 e. The zero-order valence-electron chi connectivity index (χ0n) is 18.1. The molecule has 0 spiro atoms. The minimum absolute atomic E-state index is 0.0768. The third kappa shape index (κ3) is 7.42. The predicted molar refractivity (Wildman–Crippen MR) is 137 cm³/mol. The van der Waals surface area contributed by atoms with Crippen molar-refractivity contribution < 1.29 is 14.4 Å². The van der Waals surface area contributed by atoms with Crippen molar-refractivity contribution in [2.24, 2.45) is 0 Å². The number of nitrogens with zero attached hydrogens (tertiary/aromatic N) is 1. The van der Waals surface area contributed by atoms with Crippen LogP contribution >= 0.6 is 35.6 Å². The van der Waals surface area contributed by atoms with Gasteiger partial charge in [-0.2, -0.15) is 0 Å². The van der Waals surface area contributed by atoms with Crippen molar-refractivity contribution in [2.45, 2.75) is 32.6 Å². The van der Waals surface area contributed by atoms with Crippen LogP contribution in [0.5, 0.6) is 0 Å². The molecule has 2 aromatic rings.